The maximum Gasteiger partial charge on any atom is 0.175 e. The van der Waals surface area contributed by atoms with Crippen molar-refractivity contribution in [3.05, 3.63) is 47.9 Å². The average Bonchev–Trinajstić information content (AvgIpc) is 2.84. The lowest BCUT2D eigenvalue weighted by atomic mass is 10.3. The number of rotatable bonds is 5. The van der Waals surface area contributed by atoms with Crippen LogP contribution in [0.1, 0.15) is 11.3 Å². The molecule has 1 aromatic heterocycles. The highest BCUT2D eigenvalue weighted by Crippen LogP contribution is 2.19. The van der Waals surface area contributed by atoms with Crippen molar-refractivity contribution in [2.45, 2.75) is 18.0 Å². The maximum absolute atomic E-state index is 11.4. The van der Waals surface area contributed by atoms with Gasteiger partial charge in [0.1, 0.15) is 18.1 Å². The largest absolute Gasteiger partial charge is 0.486 e. The zero-order valence-electron chi connectivity index (χ0n) is 10.5. The van der Waals surface area contributed by atoms with Crippen molar-refractivity contribution in [3.63, 3.8) is 0 Å². The number of ether oxygens (including phenoxy) is 1. The highest BCUT2D eigenvalue weighted by Gasteiger charge is 2.08. The second-order valence-corrected chi connectivity index (χ2v) is 6.18. The molecule has 0 saturated carbocycles. The van der Waals surface area contributed by atoms with E-state index in [0.29, 0.717) is 18.1 Å². The third-order valence-corrected chi connectivity index (χ3v) is 3.67. The van der Waals surface area contributed by atoms with Gasteiger partial charge in [0.25, 0.3) is 0 Å². The lowest BCUT2D eigenvalue weighted by Crippen LogP contribution is -1.99. The Kier molecular flexibility index (Phi) is 3.92. The Morgan fingerprint density at radius 3 is 2.74 bits per heavy atom. The first-order chi connectivity index (χ1) is 8.99. The van der Waals surface area contributed by atoms with Crippen LogP contribution in [0.15, 0.2) is 45.9 Å². The fourth-order valence-corrected chi connectivity index (χ4v) is 2.21. The number of hydrogen-bond donors (Lipinski definition) is 1. The van der Waals surface area contributed by atoms with Crippen molar-refractivity contribution in [2.75, 3.05) is 6.26 Å². The van der Waals surface area contributed by atoms with Crippen molar-refractivity contribution in [1.82, 2.24) is 0 Å². The van der Waals surface area contributed by atoms with Crippen LogP contribution < -0.4 is 10.5 Å². The Morgan fingerprint density at radius 1 is 1.32 bits per heavy atom. The SMILES string of the molecule is CS(=O)(=O)c1cccc(OCc2cc(CN)co2)c1. The highest BCUT2D eigenvalue weighted by atomic mass is 32.2. The van der Waals surface area contributed by atoms with Crippen molar-refractivity contribution in [3.8, 4) is 5.75 Å². The lowest BCUT2D eigenvalue weighted by Gasteiger charge is -2.05. The molecule has 1 heterocycles. The summed E-state index contributed by atoms with van der Waals surface area (Å²) in [7, 11) is -3.23. The topological polar surface area (TPSA) is 82.5 Å². The molecule has 0 aliphatic heterocycles. The average molecular weight is 281 g/mol. The van der Waals surface area contributed by atoms with Crippen molar-refractivity contribution in [1.29, 1.82) is 0 Å². The van der Waals surface area contributed by atoms with Gasteiger partial charge in [0.05, 0.1) is 11.2 Å². The molecule has 2 aromatic rings. The molecule has 0 radical (unpaired) electrons. The van der Waals surface area contributed by atoms with Gasteiger partial charge in [0.15, 0.2) is 9.84 Å². The van der Waals surface area contributed by atoms with E-state index in [2.05, 4.69) is 0 Å². The first-order valence-electron chi connectivity index (χ1n) is 5.68. The van der Waals surface area contributed by atoms with Crippen LogP contribution in [0.25, 0.3) is 0 Å². The standard InChI is InChI=1S/C13H15NO4S/c1-19(15,16)13-4-2-3-11(6-13)18-9-12-5-10(7-14)8-17-12/h2-6,8H,7,9,14H2,1H3. The van der Waals surface area contributed by atoms with Gasteiger partial charge in [-0.25, -0.2) is 8.42 Å². The van der Waals surface area contributed by atoms with Gasteiger partial charge in [0, 0.05) is 18.4 Å². The van der Waals surface area contributed by atoms with Crippen molar-refractivity contribution < 1.29 is 17.6 Å². The predicted octanol–water partition coefficient (Wildman–Crippen LogP) is 1.72. The molecular weight excluding hydrogens is 266 g/mol. The fraction of sp³-hybridized carbons (Fsp3) is 0.231. The van der Waals surface area contributed by atoms with E-state index in [4.69, 9.17) is 14.9 Å². The van der Waals surface area contributed by atoms with Gasteiger partial charge < -0.3 is 14.9 Å². The Hall–Kier alpha value is -1.79. The van der Waals surface area contributed by atoms with E-state index in [0.717, 1.165) is 11.8 Å². The molecule has 0 amide bonds. The number of hydrogen-bond acceptors (Lipinski definition) is 5. The zero-order chi connectivity index (χ0) is 13.9. The number of sulfone groups is 1. The molecule has 0 saturated heterocycles. The molecule has 0 aliphatic carbocycles. The van der Waals surface area contributed by atoms with Crippen LogP contribution in [0.5, 0.6) is 5.75 Å². The number of nitrogens with two attached hydrogens (primary N) is 1. The van der Waals surface area contributed by atoms with E-state index in [1.165, 1.54) is 12.1 Å². The third-order valence-electron chi connectivity index (χ3n) is 2.56. The molecule has 0 bridgehead atoms. The summed E-state index contributed by atoms with van der Waals surface area (Å²) in [6.45, 7) is 0.639. The van der Waals surface area contributed by atoms with Gasteiger partial charge in [0.2, 0.25) is 0 Å². The summed E-state index contributed by atoms with van der Waals surface area (Å²) in [5, 5.41) is 0. The Bertz CT molecular complexity index is 661. The van der Waals surface area contributed by atoms with Crippen molar-refractivity contribution in [2.24, 2.45) is 5.73 Å². The van der Waals surface area contributed by atoms with E-state index in [-0.39, 0.29) is 11.5 Å². The van der Waals surface area contributed by atoms with Crippen LogP contribution >= 0.6 is 0 Å². The van der Waals surface area contributed by atoms with Crippen molar-refractivity contribution >= 4 is 9.84 Å². The minimum absolute atomic E-state index is 0.229. The summed E-state index contributed by atoms with van der Waals surface area (Å²) in [4.78, 5) is 0.229. The summed E-state index contributed by atoms with van der Waals surface area (Å²) in [6, 6.07) is 8.16. The van der Waals surface area contributed by atoms with Crippen LogP contribution in [-0.2, 0) is 23.0 Å². The van der Waals surface area contributed by atoms with Gasteiger partial charge in [-0.05, 0) is 24.3 Å². The van der Waals surface area contributed by atoms with Gasteiger partial charge in [-0.1, -0.05) is 6.07 Å². The Morgan fingerprint density at radius 2 is 2.11 bits per heavy atom. The third kappa shape index (κ3) is 3.59. The fourth-order valence-electron chi connectivity index (χ4n) is 1.56. The summed E-state index contributed by atoms with van der Waals surface area (Å²) in [5.74, 6) is 1.12. The second kappa shape index (κ2) is 5.46. The summed E-state index contributed by atoms with van der Waals surface area (Å²) >= 11 is 0. The summed E-state index contributed by atoms with van der Waals surface area (Å²) < 4.78 is 33.6. The van der Waals surface area contributed by atoms with Crippen LogP contribution in [0.3, 0.4) is 0 Å². The second-order valence-electron chi connectivity index (χ2n) is 4.16. The summed E-state index contributed by atoms with van der Waals surface area (Å²) in [6.07, 6.45) is 2.73. The minimum atomic E-state index is -3.23. The molecule has 0 fully saturated rings. The molecular formula is C13H15NO4S. The quantitative estimate of drug-likeness (QED) is 0.902. The normalized spacial score (nSPS) is 11.5. The van der Waals surface area contributed by atoms with Crippen LogP contribution in [0, 0.1) is 0 Å². The van der Waals surface area contributed by atoms with Gasteiger partial charge in [-0.3, -0.25) is 0 Å². The molecule has 102 valence electrons. The van der Waals surface area contributed by atoms with Crippen LogP contribution in [0.4, 0.5) is 0 Å². The molecule has 1 aromatic carbocycles. The van der Waals surface area contributed by atoms with Gasteiger partial charge in [-0.2, -0.15) is 0 Å². The molecule has 2 N–H and O–H groups in total. The Labute approximate surface area is 111 Å². The van der Waals surface area contributed by atoms with E-state index < -0.39 is 9.84 Å². The molecule has 0 spiro atoms. The molecule has 6 heteroatoms. The number of furan rings is 1. The predicted molar refractivity (Wildman–Crippen MR) is 70.5 cm³/mol. The highest BCUT2D eigenvalue weighted by molar-refractivity contribution is 7.90. The van der Waals surface area contributed by atoms with E-state index >= 15 is 0 Å². The summed E-state index contributed by atoms with van der Waals surface area (Å²) in [5.41, 5.74) is 6.36. The van der Waals surface area contributed by atoms with E-state index in [9.17, 15) is 8.42 Å². The molecule has 5 nitrogen and oxygen atoms in total. The first-order valence-corrected chi connectivity index (χ1v) is 7.57. The van der Waals surface area contributed by atoms with Crippen LogP contribution in [0.2, 0.25) is 0 Å². The smallest absolute Gasteiger partial charge is 0.175 e. The molecule has 0 aliphatic rings. The zero-order valence-corrected chi connectivity index (χ0v) is 11.3. The molecule has 2 rings (SSSR count). The lowest BCUT2D eigenvalue weighted by molar-refractivity contribution is 0.269. The van der Waals surface area contributed by atoms with E-state index in [1.807, 2.05) is 0 Å². The minimum Gasteiger partial charge on any atom is -0.486 e. The van der Waals surface area contributed by atoms with E-state index in [1.54, 1.807) is 24.5 Å². The molecule has 0 atom stereocenters. The molecule has 0 unspecified atom stereocenters. The molecule has 19 heavy (non-hydrogen) atoms. The van der Waals surface area contributed by atoms with Gasteiger partial charge >= 0.3 is 0 Å². The van der Waals surface area contributed by atoms with Crippen LogP contribution in [-0.4, -0.2) is 14.7 Å². The Balaban J connectivity index is 2.07. The number of benzene rings is 1. The van der Waals surface area contributed by atoms with Gasteiger partial charge in [-0.15, -0.1) is 0 Å². The maximum atomic E-state index is 11.4. The first kappa shape index (κ1) is 13.6. The monoisotopic (exact) mass is 281 g/mol.